The van der Waals surface area contributed by atoms with Gasteiger partial charge in [0.25, 0.3) is 0 Å². The van der Waals surface area contributed by atoms with Gasteiger partial charge < -0.3 is 5.11 Å². The first kappa shape index (κ1) is 11.5. The Morgan fingerprint density at radius 3 is 2.71 bits per heavy atom. The maximum atomic E-state index is 10.4. The van der Waals surface area contributed by atoms with Crippen LogP contribution in [0.5, 0.6) is 0 Å². The van der Waals surface area contributed by atoms with Crippen molar-refractivity contribution in [2.24, 2.45) is 17.3 Å². The van der Waals surface area contributed by atoms with Gasteiger partial charge in [0.15, 0.2) is 0 Å². The molecule has 2 atom stereocenters. The number of carboxylic acid groups (broad SMARTS) is 1. The van der Waals surface area contributed by atoms with Gasteiger partial charge in [0, 0.05) is 6.42 Å². The predicted octanol–water partition coefficient (Wildman–Crippen LogP) is 3.31. The summed E-state index contributed by atoms with van der Waals surface area (Å²) in [5.41, 5.74) is 0.472. The molecular formula is C12H22O2. The fourth-order valence-corrected chi connectivity index (χ4v) is 2.39. The molecule has 1 aliphatic rings. The lowest BCUT2D eigenvalue weighted by Crippen LogP contribution is -2.03. The molecule has 0 spiro atoms. The van der Waals surface area contributed by atoms with Gasteiger partial charge >= 0.3 is 5.97 Å². The van der Waals surface area contributed by atoms with Crippen LogP contribution >= 0.6 is 0 Å². The molecule has 82 valence electrons. The van der Waals surface area contributed by atoms with Crippen molar-refractivity contribution < 1.29 is 9.90 Å². The van der Waals surface area contributed by atoms with Crippen LogP contribution in [0.3, 0.4) is 0 Å². The molecule has 14 heavy (non-hydrogen) atoms. The molecule has 1 rings (SSSR count). The molecule has 0 aromatic rings. The molecule has 0 aliphatic heterocycles. The van der Waals surface area contributed by atoms with Gasteiger partial charge in [-0.05, 0) is 42.9 Å². The van der Waals surface area contributed by atoms with E-state index in [1.807, 2.05) is 0 Å². The van der Waals surface area contributed by atoms with Crippen LogP contribution in [0, 0.1) is 17.3 Å². The Morgan fingerprint density at radius 1 is 1.57 bits per heavy atom. The van der Waals surface area contributed by atoms with Gasteiger partial charge in [0.2, 0.25) is 0 Å². The standard InChI is InChI=1S/C12H22O2/c1-9(2)7-10-8-12(10,3)6-4-5-11(13)14/h9-10H,4-8H2,1-3H3,(H,13,14). The molecule has 1 aliphatic carbocycles. The summed E-state index contributed by atoms with van der Waals surface area (Å²) in [6.45, 7) is 6.83. The number of hydrogen-bond acceptors (Lipinski definition) is 1. The second-order valence-corrected chi connectivity index (χ2v) is 5.43. The lowest BCUT2D eigenvalue weighted by atomic mass is 9.94. The highest BCUT2D eigenvalue weighted by atomic mass is 16.4. The van der Waals surface area contributed by atoms with Gasteiger partial charge in [-0.2, -0.15) is 0 Å². The zero-order valence-corrected chi connectivity index (χ0v) is 9.55. The molecule has 0 amide bonds. The van der Waals surface area contributed by atoms with E-state index in [0.29, 0.717) is 11.8 Å². The predicted molar refractivity (Wildman–Crippen MR) is 57.2 cm³/mol. The number of rotatable bonds is 6. The molecule has 2 heteroatoms. The summed E-state index contributed by atoms with van der Waals surface area (Å²) in [4.78, 5) is 10.4. The van der Waals surface area contributed by atoms with Crippen LogP contribution in [0.4, 0.5) is 0 Å². The van der Waals surface area contributed by atoms with Gasteiger partial charge in [-0.3, -0.25) is 4.79 Å². The Hall–Kier alpha value is -0.530. The average molecular weight is 198 g/mol. The van der Waals surface area contributed by atoms with Crippen LogP contribution in [-0.4, -0.2) is 11.1 Å². The lowest BCUT2D eigenvalue weighted by molar-refractivity contribution is -0.137. The maximum absolute atomic E-state index is 10.4. The molecule has 0 saturated heterocycles. The van der Waals surface area contributed by atoms with E-state index in [1.54, 1.807) is 0 Å². The highest BCUT2D eigenvalue weighted by Gasteiger charge is 2.48. The monoisotopic (exact) mass is 198 g/mol. The second-order valence-electron chi connectivity index (χ2n) is 5.43. The maximum Gasteiger partial charge on any atom is 0.303 e. The molecule has 0 bridgehead atoms. The van der Waals surface area contributed by atoms with E-state index < -0.39 is 5.97 Å². The Kier molecular flexibility index (Phi) is 3.57. The van der Waals surface area contributed by atoms with E-state index in [9.17, 15) is 4.79 Å². The Bertz CT molecular complexity index is 210. The number of carboxylic acids is 1. The fourth-order valence-electron chi connectivity index (χ4n) is 2.39. The first-order valence-electron chi connectivity index (χ1n) is 5.66. The third-order valence-corrected chi connectivity index (χ3v) is 3.43. The fraction of sp³-hybridized carbons (Fsp3) is 0.917. The molecule has 0 aromatic heterocycles. The number of carbonyl (C=O) groups is 1. The summed E-state index contributed by atoms with van der Waals surface area (Å²) in [5.74, 6) is 0.979. The highest BCUT2D eigenvalue weighted by molar-refractivity contribution is 5.66. The highest BCUT2D eigenvalue weighted by Crippen LogP contribution is 2.58. The first-order chi connectivity index (χ1) is 6.44. The molecule has 1 saturated carbocycles. The minimum Gasteiger partial charge on any atom is -0.481 e. The summed E-state index contributed by atoms with van der Waals surface area (Å²) in [7, 11) is 0. The third kappa shape index (κ3) is 3.32. The molecule has 2 nitrogen and oxygen atoms in total. The third-order valence-electron chi connectivity index (χ3n) is 3.43. The van der Waals surface area contributed by atoms with Gasteiger partial charge in [-0.1, -0.05) is 20.8 Å². The Morgan fingerprint density at radius 2 is 2.21 bits per heavy atom. The van der Waals surface area contributed by atoms with E-state index >= 15 is 0 Å². The van der Waals surface area contributed by atoms with Gasteiger partial charge in [-0.25, -0.2) is 0 Å². The van der Waals surface area contributed by atoms with Crippen molar-refractivity contribution in [2.45, 2.75) is 52.9 Å². The normalized spacial score (nSPS) is 30.7. The van der Waals surface area contributed by atoms with E-state index in [-0.39, 0.29) is 0 Å². The van der Waals surface area contributed by atoms with E-state index in [0.717, 1.165) is 24.7 Å². The Labute approximate surface area is 86.7 Å². The molecule has 1 N–H and O–H groups in total. The van der Waals surface area contributed by atoms with Crippen molar-refractivity contribution in [3.05, 3.63) is 0 Å². The summed E-state index contributed by atoms with van der Waals surface area (Å²) in [6, 6.07) is 0. The van der Waals surface area contributed by atoms with Crippen LogP contribution in [0.1, 0.15) is 52.9 Å². The minimum absolute atomic E-state index is 0.337. The van der Waals surface area contributed by atoms with Crippen molar-refractivity contribution in [1.29, 1.82) is 0 Å². The summed E-state index contributed by atoms with van der Waals surface area (Å²) >= 11 is 0. The molecule has 2 unspecified atom stereocenters. The molecular weight excluding hydrogens is 176 g/mol. The van der Waals surface area contributed by atoms with Crippen LogP contribution in [0.15, 0.2) is 0 Å². The summed E-state index contributed by atoms with van der Waals surface area (Å²) in [6.07, 6.45) is 4.90. The quantitative estimate of drug-likeness (QED) is 0.711. The SMILES string of the molecule is CC(C)CC1CC1(C)CCCC(=O)O. The lowest BCUT2D eigenvalue weighted by Gasteiger charge is -2.11. The van der Waals surface area contributed by atoms with E-state index in [1.165, 1.54) is 12.8 Å². The van der Waals surface area contributed by atoms with Crippen LogP contribution < -0.4 is 0 Å². The molecule has 0 radical (unpaired) electrons. The molecule has 0 heterocycles. The first-order valence-corrected chi connectivity index (χ1v) is 5.66. The van der Waals surface area contributed by atoms with Gasteiger partial charge in [-0.15, -0.1) is 0 Å². The van der Waals surface area contributed by atoms with Gasteiger partial charge in [0.1, 0.15) is 0 Å². The zero-order valence-electron chi connectivity index (χ0n) is 9.55. The molecule has 0 aromatic carbocycles. The largest absolute Gasteiger partial charge is 0.481 e. The van der Waals surface area contributed by atoms with Crippen molar-refractivity contribution in [1.82, 2.24) is 0 Å². The number of hydrogen-bond donors (Lipinski definition) is 1. The smallest absolute Gasteiger partial charge is 0.303 e. The van der Waals surface area contributed by atoms with Crippen molar-refractivity contribution in [3.8, 4) is 0 Å². The van der Waals surface area contributed by atoms with Crippen LogP contribution in [0.25, 0.3) is 0 Å². The zero-order chi connectivity index (χ0) is 10.8. The number of aliphatic carboxylic acids is 1. The second kappa shape index (κ2) is 4.33. The van der Waals surface area contributed by atoms with Crippen molar-refractivity contribution in [2.75, 3.05) is 0 Å². The average Bonchev–Trinajstić information content (AvgIpc) is 2.59. The topological polar surface area (TPSA) is 37.3 Å². The summed E-state index contributed by atoms with van der Waals surface area (Å²) in [5, 5.41) is 8.54. The minimum atomic E-state index is -0.658. The van der Waals surface area contributed by atoms with Crippen LogP contribution in [0.2, 0.25) is 0 Å². The van der Waals surface area contributed by atoms with E-state index in [2.05, 4.69) is 20.8 Å². The molecule has 1 fully saturated rings. The van der Waals surface area contributed by atoms with E-state index in [4.69, 9.17) is 5.11 Å². The van der Waals surface area contributed by atoms with Crippen LogP contribution in [-0.2, 0) is 4.79 Å². The summed E-state index contributed by atoms with van der Waals surface area (Å²) < 4.78 is 0. The van der Waals surface area contributed by atoms with Crippen molar-refractivity contribution >= 4 is 5.97 Å². The van der Waals surface area contributed by atoms with Gasteiger partial charge in [0.05, 0.1) is 0 Å². The Balaban J connectivity index is 2.17. The van der Waals surface area contributed by atoms with Crippen molar-refractivity contribution in [3.63, 3.8) is 0 Å².